The maximum Gasteiger partial charge on any atom is 0.352 e. The summed E-state index contributed by atoms with van der Waals surface area (Å²) in [5.41, 5.74) is 5.56. The number of hydrogen-bond donors (Lipinski definition) is 5. The number of nitrogen functional groups attached to an aromatic ring is 1. The van der Waals surface area contributed by atoms with Crippen molar-refractivity contribution in [3.63, 3.8) is 0 Å². The average molecular weight is 701 g/mol. The molecule has 18 heteroatoms. The molecular formula is C23H18BrN5O8S4. The number of aromatic nitrogens is 1. The van der Waals surface area contributed by atoms with Gasteiger partial charge in [-0.25, -0.2) is 9.78 Å². The van der Waals surface area contributed by atoms with Gasteiger partial charge in [0.15, 0.2) is 27.8 Å². The van der Waals surface area contributed by atoms with Gasteiger partial charge in [-0.05, 0) is 27.6 Å². The number of halogens is 1. The van der Waals surface area contributed by atoms with Gasteiger partial charge in [-0.2, -0.15) is 0 Å². The number of anilines is 1. The van der Waals surface area contributed by atoms with Gasteiger partial charge in [0.1, 0.15) is 29.9 Å². The number of rotatable bonds is 8. The summed E-state index contributed by atoms with van der Waals surface area (Å²) < 4.78 is 1.15. The zero-order valence-corrected chi connectivity index (χ0v) is 25.5. The first-order valence-corrected chi connectivity index (χ1v) is 15.9. The number of nitrogens with one attached hydrogen (secondary N) is 1. The molecule has 6 N–H and O–H groups in total. The third-order valence-corrected chi connectivity index (χ3v) is 11.5. The van der Waals surface area contributed by atoms with E-state index in [0.29, 0.717) is 14.5 Å². The van der Waals surface area contributed by atoms with E-state index in [1.807, 2.05) is 0 Å². The maximum absolute atomic E-state index is 13.1. The normalized spacial score (nSPS) is 18.7. The number of aliphatic carboxylic acids is 1. The van der Waals surface area contributed by atoms with Crippen LogP contribution in [0, 0.1) is 0 Å². The van der Waals surface area contributed by atoms with E-state index in [-0.39, 0.29) is 49.0 Å². The quantitative estimate of drug-likeness (QED) is 0.0756. The van der Waals surface area contributed by atoms with Crippen LogP contribution in [0.5, 0.6) is 11.5 Å². The van der Waals surface area contributed by atoms with E-state index in [2.05, 4.69) is 31.4 Å². The van der Waals surface area contributed by atoms with Gasteiger partial charge < -0.3 is 31.2 Å². The fraction of sp³-hybridized carbons (Fsp3) is 0.217. The third kappa shape index (κ3) is 5.36. The fourth-order valence-electron chi connectivity index (χ4n) is 4.13. The van der Waals surface area contributed by atoms with Gasteiger partial charge in [-0.3, -0.25) is 19.3 Å². The van der Waals surface area contributed by atoms with Gasteiger partial charge in [0.05, 0.1) is 13.4 Å². The molecule has 214 valence electrons. The number of aromatic hydroxyl groups is 2. The largest absolute Gasteiger partial charge is 0.504 e. The molecule has 1 saturated heterocycles. The molecule has 5 rings (SSSR count). The number of hydrogen-bond acceptors (Lipinski definition) is 14. The minimum atomic E-state index is -1.29. The van der Waals surface area contributed by atoms with Gasteiger partial charge in [-0.15, -0.1) is 46.2 Å². The molecule has 1 aromatic carbocycles. The van der Waals surface area contributed by atoms with Gasteiger partial charge in [0.25, 0.3) is 11.8 Å². The van der Waals surface area contributed by atoms with Crippen LogP contribution in [0.25, 0.3) is 10.1 Å². The molecule has 2 aromatic heterocycles. The predicted molar refractivity (Wildman–Crippen MR) is 160 cm³/mol. The van der Waals surface area contributed by atoms with Gasteiger partial charge in [-0.1, -0.05) is 5.16 Å². The lowest BCUT2D eigenvalue weighted by Gasteiger charge is -2.49. The molecule has 2 aliphatic rings. The minimum Gasteiger partial charge on any atom is -0.504 e. The van der Waals surface area contributed by atoms with Gasteiger partial charge >= 0.3 is 5.97 Å². The molecule has 3 aromatic rings. The number of phenolic OH excluding ortho intramolecular Hbond substituents is 2. The first kappa shape index (κ1) is 29.2. The lowest BCUT2D eigenvalue weighted by Crippen LogP contribution is -2.71. The van der Waals surface area contributed by atoms with Crippen LogP contribution in [0.3, 0.4) is 0 Å². The summed E-state index contributed by atoms with van der Waals surface area (Å²) >= 11 is 7.99. The molecule has 2 atom stereocenters. The predicted octanol–water partition coefficient (Wildman–Crippen LogP) is 2.36. The number of nitrogens with two attached hydrogens (primary N) is 1. The second kappa shape index (κ2) is 11.5. The Balaban J connectivity index is 1.35. The van der Waals surface area contributed by atoms with E-state index < -0.39 is 40.7 Å². The number of carbonyl (C=O) groups is 3. The molecular weight excluding hydrogens is 682 g/mol. The molecule has 2 aliphatic heterocycles. The SMILES string of the molecule is CO/N=C(\C(=O)N[C@@H]1C(=O)N2C(C(=O)O)=C(CSc3cc(=O)c4cc(O)c(O)c(Br)c4s3)CS[C@H]12)c1csc(N)n1. The molecule has 4 heterocycles. The van der Waals surface area contributed by atoms with Crippen molar-refractivity contribution < 1.29 is 34.5 Å². The lowest BCUT2D eigenvalue weighted by molar-refractivity contribution is -0.150. The number of thioether (sulfide) groups is 2. The molecule has 2 amide bonds. The molecule has 0 aliphatic carbocycles. The van der Waals surface area contributed by atoms with Gasteiger partial charge in [0.2, 0.25) is 0 Å². The highest BCUT2D eigenvalue weighted by molar-refractivity contribution is 9.10. The Kier molecular flexibility index (Phi) is 8.20. The summed E-state index contributed by atoms with van der Waals surface area (Å²) in [6, 6.07) is 1.56. The molecule has 0 saturated carbocycles. The fourth-order valence-corrected chi connectivity index (χ4v) is 9.05. The number of phenols is 2. The standard InChI is InChI=1S/C23H18BrN5O8S4/c1-37-28-14(9-6-40-23(25)26-9)19(33)27-15-20(34)29-16(22(35)36)7(5-39-21(15)29)4-38-12-3-10(30)8-2-11(31)17(32)13(24)18(8)41-12/h2-3,6,15,21,31-32H,4-5H2,1H3,(H2,25,26)(H,27,33)(H,35,36)/b28-14-/t15-,21-/m1/s1. The summed E-state index contributed by atoms with van der Waals surface area (Å²) in [6.45, 7) is 0. The van der Waals surface area contributed by atoms with E-state index in [0.717, 1.165) is 16.2 Å². The van der Waals surface area contributed by atoms with Crippen LogP contribution in [-0.2, 0) is 19.2 Å². The molecule has 1 fully saturated rings. The summed E-state index contributed by atoms with van der Waals surface area (Å²) in [7, 11) is 1.25. The molecule has 0 spiro atoms. The lowest BCUT2D eigenvalue weighted by atomic mass is 10.0. The second-order valence-electron chi connectivity index (χ2n) is 8.47. The van der Waals surface area contributed by atoms with Crippen LogP contribution in [0.15, 0.2) is 47.4 Å². The molecule has 0 radical (unpaired) electrons. The highest BCUT2D eigenvalue weighted by Crippen LogP contribution is 2.44. The summed E-state index contributed by atoms with van der Waals surface area (Å²) in [5.74, 6) is -3.01. The maximum atomic E-state index is 13.1. The highest BCUT2D eigenvalue weighted by atomic mass is 79.9. The molecule has 41 heavy (non-hydrogen) atoms. The van der Waals surface area contributed by atoms with Crippen molar-refractivity contribution in [3.05, 3.63) is 49.2 Å². The topological polar surface area (TPSA) is 205 Å². The van der Waals surface area contributed by atoms with E-state index in [1.165, 1.54) is 59.5 Å². The van der Waals surface area contributed by atoms with Crippen molar-refractivity contribution in [1.82, 2.24) is 15.2 Å². The summed E-state index contributed by atoms with van der Waals surface area (Å²) in [5, 5.41) is 37.4. The Morgan fingerprint density at radius 2 is 2.10 bits per heavy atom. The Bertz CT molecular complexity index is 1740. The van der Waals surface area contributed by atoms with E-state index in [1.54, 1.807) is 0 Å². The molecule has 0 bridgehead atoms. The Morgan fingerprint density at radius 1 is 1.34 bits per heavy atom. The van der Waals surface area contributed by atoms with E-state index >= 15 is 0 Å². The minimum absolute atomic E-state index is 0.168. The number of carboxylic acids is 1. The van der Waals surface area contributed by atoms with Crippen molar-refractivity contribution in [2.75, 3.05) is 24.3 Å². The number of nitrogens with zero attached hydrogens (tertiary/aromatic N) is 3. The Labute approximate surface area is 255 Å². The smallest absolute Gasteiger partial charge is 0.352 e. The Hall–Kier alpha value is -3.32. The van der Waals surface area contributed by atoms with Crippen LogP contribution in [0.1, 0.15) is 5.69 Å². The van der Waals surface area contributed by atoms with Crippen molar-refractivity contribution in [2.24, 2.45) is 5.16 Å². The van der Waals surface area contributed by atoms with Crippen LogP contribution >= 0.6 is 62.1 Å². The van der Waals surface area contributed by atoms with Crippen molar-refractivity contribution in [2.45, 2.75) is 15.6 Å². The number of β-lactam (4-membered cyclic amide) rings is 1. The van der Waals surface area contributed by atoms with E-state index in [4.69, 9.17) is 10.6 Å². The summed E-state index contributed by atoms with van der Waals surface area (Å²) in [6.07, 6.45) is 0. The van der Waals surface area contributed by atoms with Crippen LogP contribution in [-0.4, -0.2) is 78.7 Å². The Morgan fingerprint density at radius 3 is 2.76 bits per heavy atom. The van der Waals surface area contributed by atoms with Crippen molar-refractivity contribution in [1.29, 1.82) is 0 Å². The first-order valence-electron chi connectivity index (χ1n) is 11.4. The number of benzene rings is 1. The second-order valence-corrected chi connectivity index (χ2v) is 13.6. The third-order valence-electron chi connectivity index (χ3n) is 5.98. The highest BCUT2D eigenvalue weighted by Gasteiger charge is 2.54. The first-order chi connectivity index (χ1) is 19.5. The van der Waals surface area contributed by atoms with E-state index in [9.17, 15) is 34.5 Å². The van der Waals surface area contributed by atoms with Crippen LogP contribution in [0.2, 0.25) is 0 Å². The van der Waals surface area contributed by atoms with Crippen LogP contribution in [0.4, 0.5) is 5.13 Å². The molecule has 13 nitrogen and oxygen atoms in total. The monoisotopic (exact) mass is 699 g/mol. The van der Waals surface area contributed by atoms with Crippen molar-refractivity contribution >= 4 is 101 Å². The zero-order chi connectivity index (χ0) is 29.6. The van der Waals surface area contributed by atoms with Gasteiger partial charge in [0, 0.05) is 28.3 Å². The number of oxime groups is 1. The van der Waals surface area contributed by atoms with Crippen LogP contribution < -0.4 is 16.5 Å². The number of fused-ring (bicyclic) bond motifs is 2. The summed E-state index contributed by atoms with van der Waals surface area (Å²) in [4.78, 5) is 60.8. The number of thiazole rings is 1. The molecule has 0 unspecified atom stereocenters. The number of carboxylic acid groups (broad SMARTS) is 1. The van der Waals surface area contributed by atoms with Crippen molar-refractivity contribution in [3.8, 4) is 11.5 Å². The number of carbonyl (C=O) groups excluding carboxylic acids is 2. The average Bonchev–Trinajstić information content (AvgIpc) is 3.37. The number of amides is 2. The zero-order valence-electron chi connectivity index (χ0n) is 20.6.